The second kappa shape index (κ2) is 4.76. The van der Waals surface area contributed by atoms with E-state index in [1.807, 2.05) is 26.1 Å². The first-order chi connectivity index (χ1) is 8.52. The van der Waals surface area contributed by atoms with Crippen LogP contribution in [0.15, 0.2) is 12.3 Å². The molecule has 0 spiro atoms. The normalized spacial score (nSPS) is 11.2. The van der Waals surface area contributed by atoms with E-state index in [9.17, 15) is 0 Å². The van der Waals surface area contributed by atoms with Crippen LogP contribution in [0.2, 0.25) is 0 Å². The summed E-state index contributed by atoms with van der Waals surface area (Å²) >= 11 is 0. The molecule has 0 atom stereocenters. The van der Waals surface area contributed by atoms with E-state index in [1.54, 1.807) is 4.68 Å². The van der Waals surface area contributed by atoms with Crippen LogP contribution in [0, 0.1) is 6.92 Å². The Morgan fingerprint density at radius 2 is 2.06 bits per heavy atom. The highest BCUT2D eigenvalue weighted by Gasteiger charge is 2.12. The minimum atomic E-state index is 0.399. The van der Waals surface area contributed by atoms with Crippen molar-refractivity contribution < 1.29 is 0 Å². The van der Waals surface area contributed by atoms with Crippen LogP contribution in [0.1, 0.15) is 43.8 Å². The van der Waals surface area contributed by atoms with E-state index in [0.717, 1.165) is 29.3 Å². The molecule has 5 heteroatoms. The van der Waals surface area contributed by atoms with Crippen molar-refractivity contribution >= 4 is 5.82 Å². The third kappa shape index (κ3) is 2.20. The summed E-state index contributed by atoms with van der Waals surface area (Å²) in [6, 6.07) is 2.01. The number of rotatable bonds is 3. The van der Waals surface area contributed by atoms with Crippen molar-refractivity contribution in [3.05, 3.63) is 29.3 Å². The van der Waals surface area contributed by atoms with Crippen molar-refractivity contribution in [3.8, 4) is 5.82 Å². The summed E-state index contributed by atoms with van der Waals surface area (Å²) < 4.78 is 1.78. The largest absolute Gasteiger partial charge is 0.383 e. The minimum absolute atomic E-state index is 0.399. The van der Waals surface area contributed by atoms with Crippen LogP contribution in [0.4, 0.5) is 5.82 Å². The summed E-state index contributed by atoms with van der Waals surface area (Å²) in [4.78, 5) is 8.75. The molecule has 0 fully saturated rings. The van der Waals surface area contributed by atoms with Gasteiger partial charge in [0.05, 0.1) is 5.69 Å². The summed E-state index contributed by atoms with van der Waals surface area (Å²) in [5.74, 6) is 2.44. The minimum Gasteiger partial charge on any atom is -0.383 e. The zero-order valence-corrected chi connectivity index (χ0v) is 11.3. The summed E-state index contributed by atoms with van der Waals surface area (Å²) in [5, 5.41) is 4.53. The van der Waals surface area contributed by atoms with Crippen molar-refractivity contribution in [1.29, 1.82) is 0 Å². The van der Waals surface area contributed by atoms with Gasteiger partial charge in [-0.25, -0.2) is 14.6 Å². The number of nitrogens with zero attached hydrogens (tertiary/aromatic N) is 4. The van der Waals surface area contributed by atoms with Crippen molar-refractivity contribution in [1.82, 2.24) is 19.7 Å². The molecule has 18 heavy (non-hydrogen) atoms. The molecule has 0 radical (unpaired) electrons. The summed E-state index contributed by atoms with van der Waals surface area (Å²) in [6.07, 6.45) is 2.68. The Morgan fingerprint density at radius 3 is 2.61 bits per heavy atom. The molecule has 0 bridgehead atoms. The maximum absolute atomic E-state index is 5.91. The lowest BCUT2D eigenvalue weighted by Gasteiger charge is -2.09. The van der Waals surface area contributed by atoms with E-state index < -0.39 is 0 Å². The van der Waals surface area contributed by atoms with Gasteiger partial charge in [0.25, 0.3) is 0 Å². The Morgan fingerprint density at radius 1 is 1.33 bits per heavy atom. The molecule has 0 amide bonds. The zero-order valence-electron chi connectivity index (χ0n) is 11.3. The van der Waals surface area contributed by atoms with Gasteiger partial charge in [-0.05, 0) is 18.9 Å². The third-order valence-corrected chi connectivity index (χ3v) is 2.94. The molecule has 5 nitrogen and oxygen atoms in total. The van der Waals surface area contributed by atoms with Gasteiger partial charge in [-0.3, -0.25) is 0 Å². The molecule has 2 aromatic heterocycles. The molecule has 2 heterocycles. The Kier molecular flexibility index (Phi) is 3.32. The number of hydrogen-bond donors (Lipinski definition) is 1. The van der Waals surface area contributed by atoms with Crippen LogP contribution in [-0.2, 0) is 6.42 Å². The van der Waals surface area contributed by atoms with E-state index in [0.29, 0.717) is 11.7 Å². The average molecular weight is 245 g/mol. The fourth-order valence-electron chi connectivity index (χ4n) is 1.71. The second-order valence-electron chi connectivity index (χ2n) is 4.67. The molecule has 2 aromatic rings. The van der Waals surface area contributed by atoms with Crippen molar-refractivity contribution in [2.24, 2.45) is 0 Å². The molecule has 0 aliphatic carbocycles. The van der Waals surface area contributed by atoms with E-state index in [1.165, 1.54) is 0 Å². The lowest BCUT2D eigenvalue weighted by molar-refractivity contribution is 0.745. The van der Waals surface area contributed by atoms with Crippen LogP contribution in [-0.4, -0.2) is 19.7 Å². The quantitative estimate of drug-likeness (QED) is 0.900. The molecular weight excluding hydrogens is 226 g/mol. The number of anilines is 1. The number of nitrogens with two attached hydrogens (primary N) is 1. The first-order valence-corrected chi connectivity index (χ1v) is 6.21. The van der Waals surface area contributed by atoms with Crippen LogP contribution in [0.3, 0.4) is 0 Å². The molecule has 0 aromatic carbocycles. The van der Waals surface area contributed by atoms with Gasteiger partial charge in [-0.2, -0.15) is 5.10 Å². The molecule has 96 valence electrons. The molecule has 0 saturated heterocycles. The van der Waals surface area contributed by atoms with E-state index in [2.05, 4.69) is 28.9 Å². The Bertz CT molecular complexity index is 557. The topological polar surface area (TPSA) is 69.6 Å². The Balaban J connectivity index is 2.51. The highest BCUT2D eigenvalue weighted by atomic mass is 15.3. The average Bonchev–Trinajstić information content (AvgIpc) is 2.82. The Hall–Kier alpha value is -1.91. The maximum atomic E-state index is 5.91. The maximum Gasteiger partial charge on any atom is 0.162 e. The van der Waals surface area contributed by atoms with E-state index in [-0.39, 0.29) is 0 Å². The predicted molar refractivity (Wildman–Crippen MR) is 71.8 cm³/mol. The van der Waals surface area contributed by atoms with Gasteiger partial charge in [0.2, 0.25) is 0 Å². The molecule has 0 aliphatic rings. The monoisotopic (exact) mass is 245 g/mol. The van der Waals surface area contributed by atoms with Crippen molar-refractivity contribution in [3.63, 3.8) is 0 Å². The van der Waals surface area contributed by atoms with Gasteiger partial charge in [-0.15, -0.1) is 0 Å². The smallest absolute Gasteiger partial charge is 0.162 e. The predicted octanol–water partition coefficient (Wildman–Crippen LogP) is 2.24. The molecule has 0 aliphatic heterocycles. The lowest BCUT2D eigenvalue weighted by Crippen LogP contribution is -2.09. The van der Waals surface area contributed by atoms with E-state index in [4.69, 9.17) is 5.73 Å². The van der Waals surface area contributed by atoms with Gasteiger partial charge >= 0.3 is 0 Å². The second-order valence-corrected chi connectivity index (χ2v) is 4.67. The number of aromatic nitrogens is 4. The third-order valence-electron chi connectivity index (χ3n) is 2.94. The molecule has 2 N–H and O–H groups in total. The molecule has 2 rings (SSSR count). The first kappa shape index (κ1) is 12.5. The van der Waals surface area contributed by atoms with Crippen LogP contribution >= 0.6 is 0 Å². The fourth-order valence-corrected chi connectivity index (χ4v) is 1.71. The number of aryl methyl sites for hydroxylation is 1. The number of nitrogen functional groups attached to an aromatic ring is 1. The van der Waals surface area contributed by atoms with Gasteiger partial charge in [-0.1, -0.05) is 20.8 Å². The summed E-state index contributed by atoms with van der Waals surface area (Å²) in [6.45, 7) is 8.16. The van der Waals surface area contributed by atoms with Crippen LogP contribution in [0.5, 0.6) is 0 Å². The number of hydrogen-bond acceptors (Lipinski definition) is 4. The standard InChI is InChI=1S/C13H19N5/c1-5-11-15-12(14)9(4)13(16-11)18-7-6-10(17-18)8(2)3/h6-8H,5H2,1-4H3,(H2,14,15,16). The fraction of sp³-hybridized carbons (Fsp3) is 0.462. The van der Waals surface area contributed by atoms with Gasteiger partial charge < -0.3 is 5.73 Å². The molecule has 0 unspecified atom stereocenters. The van der Waals surface area contributed by atoms with E-state index >= 15 is 0 Å². The highest BCUT2D eigenvalue weighted by molar-refractivity contribution is 5.48. The highest BCUT2D eigenvalue weighted by Crippen LogP contribution is 2.18. The van der Waals surface area contributed by atoms with Gasteiger partial charge in [0.15, 0.2) is 5.82 Å². The first-order valence-electron chi connectivity index (χ1n) is 6.21. The zero-order chi connectivity index (χ0) is 13.3. The summed E-state index contributed by atoms with van der Waals surface area (Å²) in [5.41, 5.74) is 7.82. The SMILES string of the molecule is CCc1nc(N)c(C)c(-n2ccc(C(C)C)n2)n1. The lowest BCUT2D eigenvalue weighted by atomic mass is 10.1. The Labute approximate surface area is 107 Å². The van der Waals surface area contributed by atoms with Crippen LogP contribution in [0.25, 0.3) is 5.82 Å². The van der Waals surface area contributed by atoms with Gasteiger partial charge in [0, 0.05) is 18.2 Å². The summed E-state index contributed by atoms with van der Waals surface area (Å²) in [7, 11) is 0. The van der Waals surface area contributed by atoms with Gasteiger partial charge in [0.1, 0.15) is 11.6 Å². The van der Waals surface area contributed by atoms with Crippen LogP contribution < -0.4 is 5.73 Å². The van der Waals surface area contributed by atoms with Crippen molar-refractivity contribution in [2.45, 2.75) is 40.0 Å². The molecule has 0 saturated carbocycles. The molecular formula is C13H19N5. The van der Waals surface area contributed by atoms with Crippen molar-refractivity contribution in [2.75, 3.05) is 5.73 Å².